The molecule has 2 aromatic rings. The summed E-state index contributed by atoms with van der Waals surface area (Å²) in [6.45, 7) is 0.146. The Morgan fingerprint density at radius 1 is 1.26 bits per heavy atom. The van der Waals surface area contributed by atoms with E-state index in [-0.39, 0.29) is 11.7 Å². The maximum absolute atomic E-state index is 13.4. The summed E-state index contributed by atoms with van der Waals surface area (Å²) >= 11 is 1.000. The van der Waals surface area contributed by atoms with Crippen LogP contribution in [0.4, 0.5) is 18.3 Å². The number of carbonyl (C=O) groups is 1. The molecular formula is C10H7F3N4OS. The topological polar surface area (TPSA) is 80.9 Å². The number of anilines is 1. The van der Waals surface area contributed by atoms with Crippen LogP contribution in [0.3, 0.4) is 0 Å². The second-order valence-electron chi connectivity index (χ2n) is 3.38. The van der Waals surface area contributed by atoms with E-state index in [0.717, 1.165) is 17.4 Å². The van der Waals surface area contributed by atoms with Crippen LogP contribution in [-0.4, -0.2) is 16.1 Å². The van der Waals surface area contributed by atoms with Crippen LogP contribution in [0.2, 0.25) is 0 Å². The summed E-state index contributed by atoms with van der Waals surface area (Å²) in [5, 5.41) is 10.0. The van der Waals surface area contributed by atoms with Crippen molar-refractivity contribution in [1.29, 1.82) is 0 Å². The average molecular weight is 288 g/mol. The van der Waals surface area contributed by atoms with E-state index in [4.69, 9.17) is 5.73 Å². The van der Waals surface area contributed by atoms with Crippen molar-refractivity contribution in [1.82, 2.24) is 10.2 Å². The van der Waals surface area contributed by atoms with Gasteiger partial charge < -0.3 is 5.73 Å². The Kier molecular flexibility index (Phi) is 3.76. The van der Waals surface area contributed by atoms with Gasteiger partial charge in [-0.15, -0.1) is 10.2 Å². The predicted molar refractivity (Wildman–Crippen MR) is 62.1 cm³/mol. The third kappa shape index (κ3) is 2.71. The molecule has 1 amide bonds. The molecule has 0 saturated carbocycles. The fraction of sp³-hybridized carbons (Fsp3) is 0.100. The zero-order valence-corrected chi connectivity index (χ0v) is 10.1. The Balaban J connectivity index is 2.23. The normalized spacial score (nSPS) is 10.5. The van der Waals surface area contributed by atoms with E-state index in [1.165, 1.54) is 0 Å². The van der Waals surface area contributed by atoms with Gasteiger partial charge in [-0.3, -0.25) is 10.1 Å². The van der Waals surface area contributed by atoms with Crippen LogP contribution in [0.5, 0.6) is 0 Å². The fourth-order valence-electron chi connectivity index (χ4n) is 1.25. The summed E-state index contributed by atoms with van der Waals surface area (Å²) < 4.78 is 39.1. The van der Waals surface area contributed by atoms with Gasteiger partial charge in [0.05, 0.1) is 5.56 Å². The van der Waals surface area contributed by atoms with Gasteiger partial charge in [-0.05, 0) is 12.1 Å². The van der Waals surface area contributed by atoms with Gasteiger partial charge in [0.2, 0.25) is 5.13 Å². The average Bonchev–Trinajstić information content (AvgIpc) is 2.83. The molecular weight excluding hydrogens is 281 g/mol. The van der Waals surface area contributed by atoms with Crippen molar-refractivity contribution in [3.63, 3.8) is 0 Å². The molecule has 0 bridgehead atoms. The van der Waals surface area contributed by atoms with Gasteiger partial charge in [0.25, 0.3) is 5.91 Å². The van der Waals surface area contributed by atoms with E-state index in [2.05, 4.69) is 15.5 Å². The second-order valence-corrected chi connectivity index (χ2v) is 4.44. The number of carbonyl (C=O) groups excluding carboxylic acids is 1. The smallest absolute Gasteiger partial charge is 0.260 e. The number of aromatic nitrogens is 2. The molecule has 5 nitrogen and oxygen atoms in total. The van der Waals surface area contributed by atoms with Crippen LogP contribution in [0, 0.1) is 17.5 Å². The number of benzene rings is 1. The van der Waals surface area contributed by atoms with Gasteiger partial charge in [0.1, 0.15) is 5.01 Å². The molecule has 100 valence electrons. The van der Waals surface area contributed by atoms with Gasteiger partial charge in [-0.2, -0.15) is 0 Å². The van der Waals surface area contributed by atoms with Crippen LogP contribution in [0.1, 0.15) is 15.4 Å². The molecule has 0 fully saturated rings. The third-order valence-corrected chi connectivity index (χ3v) is 3.00. The lowest BCUT2D eigenvalue weighted by Gasteiger charge is -2.03. The Morgan fingerprint density at radius 2 is 2.00 bits per heavy atom. The lowest BCUT2D eigenvalue weighted by molar-refractivity contribution is 0.102. The maximum atomic E-state index is 13.4. The highest BCUT2D eigenvalue weighted by molar-refractivity contribution is 7.15. The lowest BCUT2D eigenvalue weighted by Crippen LogP contribution is -2.15. The molecule has 3 N–H and O–H groups in total. The maximum Gasteiger partial charge on any atom is 0.260 e. The van der Waals surface area contributed by atoms with Gasteiger partial charge in [0, 0.05) is 6.54 Å². The van der Waals surface area contributed by atoms with Crippen LogP contribution in [0.25, 0.3) is 0 Å². The van der Waals surface area contributed by atoms with Gasteiger partial charge >= 0.3 is 0 Å². The largest absolute Gasteiger partial charge is 0.324 e. The molecule has 0 aliphatic carbocycles. The van der Waals surface area contributed by atoms with E-state index in [1.54, 1.807) is 0 Å². The van der Waals surface area contributed by atoms with Crippen molar-refractivity contribution in [2.75, 3.05) is 5.32 Å². The number of nitrogens with two attached hydrogens (primary N) is 1. The van der Waals surface area contributed by atoms with Crippen LogP contribution in [0.15, 0.2) is 12.1 Å². The molecule has 9 heteroatoms. The van der Waals surface area contributed by atoms with Crippen molar-refractivity contribution >= 4 is 22.4 Å². The first-order chi connectivity index (χ1) is 9.02. The Hall–Kier alpha value is -2.00. The van der Waals surface area contributed by atoms with Crippen LogP contribution >= 0.6 is 11.3 Å². The Labute approximate surface area is 109 Å². The zero-order valence-electron chi connectivity index (χ0n) is 9.28. The lowest BCUT2D eigenvalue weighted by atomic mass is 10.2. The summed E-state index contributed by atoms with van der Waals surface area (Å²) in [6.07, 6.45) is 0. The van der Waals surface area contributed by atoms with Crippen molar-refractivity contribution in [2.24, 2.45) is 5.73 Å². The Bertz CT molecular complexity index is 631. The summed E-state index contributed by atoms with van der Waals surface area (Å²) in [5.74, 6) is -5.57. The minimum Gasteiger partial charge on any atom is -0.324 e. The number of nitrogens with zero attached hydrogens (tertiary/aromatic N) is 2. The standard InChI is InChI=1S/C10H7F3N4OS/c11-5-2-1-4(7(12)8(5)13)9(18)15-10-17-16-6(3-14)19-10/h1-2H,3,14H2,(H,15,17,18). The van der Waals surface area contributed by atoms with Crippen molar-refractivity contribution in [3.8, 4) is 0 Å². The minimum atomic E-state index is -1.70. The van der Waals surface area contributed by atoms with Crippen LogP contribution in [-0.2, 0) is 6.54 Å². The first-order valence-electron chi connectivity index (χ1n) is 5.00. The van der Waals surface area contributed by atoms with E-state index < -0.39 is 28.9 Å². The second kappa shape index (κ2) is 5.33. The van der Waals surface area contributed by atoms with Gasteiger partial charge in [0.15, 0.2) is 17.5 Å². The first kappa shape index (κ1) is 13.4. The molecule has 0 aliphatic heterocycles. The van der Waals surface area contributed by atoms with Crippen molar-refractivity contribution in [2.45, 2.75) is 6.54 Å². The molecule has 19 heavy (non-hydrogen) atoms. The van der Waals surface area contributed by atoms with E-state index >= 15 is 0 Å². The van der Waals surface area contributed by atoms with Crippen LogP contribution < -0.4 is 11.1 Å². The number of hydrogen-bond acceptors (Lipinski definition) is 5. The van der Waals surface area contributed by atoms with Gasteiger partial charge in [-0.1, -0.05) is 11.3 Å². The van der Waals surface area contributed by atoms with Crippen molar-refractivity contribution in [3.05, 3.63) is 40.2 Å². The quantitative estimate of drug-likeness (QED) is 0.842. The number of amides is 1. The molecule has 0 atom stereocenters. The SMILES string of the molecule is NCc1nnc(NC(=O)c2ccc(F)c(F)c2F)s1. The summed E-state index contributed by atoms with van der Waals surface area (Å²) in [4.78, 5) is 11.7. The molecule has 0 saturated heterocycles. The van der Waals surface area contributed by atoms with E-state index in [1.807, 2.05) is 0 Å². The monoisotopic (exact) mass is 288 g/mol. The number of nitrogens with one attached hydrogen (secondary N) is 1. The van der Waals surface area contributed by atoms with Gasteiger partial charge in [-0.25, -0.2) is 13.2 Å². The third-order valence-electron chi connectivity index (χ3n) is 2.14. The molecule has 2 rings (SSSR count). The summed E-state index contributed by atoms with van der Waals surface area (Å²) in [5.41, 5.74) is 4.69. The number of halogens is 3. The highest BCUT2D eigenvalue weighted by atomic mass is 32.1. The first-order valence-corrected chi connectivity index (χ1v) is 5.82. The molecule has 0 radical (unpaired) electrons. The highest BCUT2D eigenvalue weighted by Gasteiger charge is 2.19. The molecule has 0 unspecified atom stereocenters. The zero-order chi connectivity index (χ0) is 14.0. The summed E-state index contributed by atoms with van der Waals surface area (Å²) in [6, 6.07) is 1.51. The molecule has 1 aromatic carbocycles. The number of rotatable bonds is 3. The van der Waals surface area contributed by atoms with Crippen molar-refractivity contribution < 1.29 is 18.0 Å². The molecule has 1 aromatic heterocycles. The fourth-order valence-corrected chi connectivity index (χ4v) is 1.87. The van der Waals surface area contributed by atoms with E-state index in [9.17, 15) is 18.0 Å². The highest BCUT2D eigenvalue weighted by Crippen LogP contribution is 2.19. The van der Waals surface area contributed by atoms with E-state index in [0.29, 0.717) is 11.1 Å². The Morgan fingerprint density at radius 3 is 2.63 bits per heavy atom. The number of hydrogen-bond donors (Lipinski definition) is 2. The predicted octanol–water partition coefficient (Wildman–Crippen LogP) is 1.67. The molecule has 0 aliphatic rings. The summed E-state index contributed by atoms with van der Waals surface area (Å²) in [7, 11) is 0. The minimum absolute atomic E-state index is 0.0922. The molecule has 0 spiro atoms. The molecule has 1 heterocycles.